The van der Waals surface area contributed by atoms with Crippen LogP contribution in [0.4, 0.5) is 5.69 Å². The molecule has 0 aliphatic carbocycles. The van der Waals surface area contributed by atoms with E-state index in [9.17, 15) is 4.79 Å². The van der Waals surface area contributed by atoms with Crippen molar-refractivity contribution in [3.8, 4) is 0 Å². The smallest absolute Gasteiger partial charge is 0.255 e. The molecule has 0 atom stereocenters. The lowest BCUT2D eigenvalue weighted by atomic mass is 10.1. The van der Waals surface area contributed by atoms with Gasteiger partial charge in [0.05, 0.1) is 10.6 Å². The van der Waals surface area contributed by atoms with Crippen LogP contribution in [-0.4, -0.2) is 31.4 Å². The summed E-state index contributed by atoms with van der Waals surface area (Å²) in [5, 5.41) is 0.494. The maximum Gasteiger partial charge on any atom is 0.255 e. The van der Waals surface area contributed by atoms with Gasteiger partial charge in [-0.2, -0.15) is 0 Å². The predicted molar refractivity (Wildman–Crippen MR) is 92.6 cm³/mol. The fourth-order valence-corrected chi connectivity index (χ4v) is 2.47. The lowest BCUT2D eigenvalue weighted by Crippen LogP contribution is -2.30. The van der Waals surface area contributed by atoms with Crippen LogP contribution in [0.1, 0.15) is 22.8 Å². The van der Waals surface area contributed by atoms with Crippen molar-refractivity contribution in [1.82, 2.24) is 4.90 Å². The van der Waals surface area contributed by atoms with Crippen LogP contribution in [0.5, 0.6) is 0 Å². The van der Waals surface area contributed by atoms with Crippen LogP contribution in [-0.2, 0) is 6.54 Å². The number of carbonyl (C=O) groups is 1. The summed E-state index contributed by atoms with van der Waals surface area (Å²) in [6.45, 7) is 3.19. The summed E-state index contributed by atoms with van der Waals surface area (Å²) >= 11 is 6.13. The van der Waals surface area contributed by atoms with Gasteiger partial charge in [-0.3, -0.25) is 4.79 Å². The van der Waals surface area contributed by atoms with Gasteiger partial charge >= 0.3 is 0 Å². The second-order valence-corrected chi connectivity index (χ2v) is 5.77. The maximum atomic E-state index is 12.6. The Morgan fingerprint density at radius 2 is 1.68 bits per heavy atom. The van der Waals surface area contributed by atoms with Gasteiger partial charge in [-0.1, -0.05) is 35.9 Å². The highest BCUT2D eigenvalue weighted by atomic mass is 35.5. The van der Waals surface area contributed by atoms with E-state index in [4.69, 9.17) is 11.6 Å². The fourth-order valence-electron chi connectivity index (χ4n) is 2.25. The van der Waals surface area contributed by atoms with Gasteiger partial charge in [-0.05, 0) is 36.8 Å². The molecule has 0 unspecified atom stereocenters. The van der Waals surface area contributed by atoms with E-state index in [1.807, 2.05) is 33.2 Å². The molecule has 2 rings (SSSR count). The number of benzene rings is 2. The molecule has 0 saturated carbocycles. The van der Waals surface area contributed by atoms with Crippen molar-refractivity contribution in [2.24, 2.45) is 0 Å². The molecule has 22 heavy (non-hydrogen) atoms. The van der Waals surface area contributed by atoms with Crippen LogP contribution in [0.2, 0.25) is 5.02 Å². The van der Waals surface area contributed by atoms with Gasteiger partial charge in [0, 0.05) is 32.9 Å². The Morgan fingerprint density at radius 1 is 1.05 bits per heavy atom. The molecule has 3 nitrogen and oxygen atoms in total. The molecule has 0 fully saturated rings. The van der Waals surface area contributed by atoms with Crippen molar-refractivity contribution in [2.75, 3.05) is 25.5 Å². The molecule has 0 heterocycles. The average Bonchev–Trinajstić information content (AvgIpc) is 2.53. The Labute approximate surface area is 137 Å². The first-order valence-electron chi connectivity index (χ1n) is 7.33. The van der Waals surface area contributed by atoms with Crippen molar-refractivity contribution in [3.63, 3.8) is 0 Å². The number of carbonyl (C=O) groups excluding carboxylic acids is 1. The van der Waals surface area contributed by atoms with E-state index in [1.54, 1.807) is 17.0 Å². The maximum absolute atomic E-state index is 12.6. The summed E-state index contributed by atoms with van der Waals surface area (Å²) in [6.07, 6.45) is 0. The third-order valence-corrected chi connectivity index (χ3v) is 3.93. The number of halogens is 1. The molecule has 0 aliphatic heterocycles. The van der Waals surface area contributed by atoms with E-state index in [0.29, 0.717) is 23.7 Å². The zero-order chi connectivity index (χ0) is 16.1. The number of rotatable bonds is 5. The van der Waals surface area contributed by atoms with Gasteiger partial charge < -0.3 is 9.80 Å². The molecular formula is C18H21ClN2O. The fraction of sp³-hybridized carbons (Fsp3) is 0.278. The normalized spacial score (nSPS) is 10.4. The first-order chi connectivity index (χ1) is 10.5. The SMILES string of the molecule is CCN(Cc1ccc(N(C)C)cc1)C(=O)c1ccccc1Cl. The third kappa shape index (κ3) is 3.80. The van der Waals surface area contributed by atoms with Crippen LogP contribution in [0.3, 0.4) is 0 Å². The molecule has 0 bridgehead atoms. The van der Waals surface area contributed by atoms with Gasteiger partial charge in [0.25, 0.3) is 5.91 Å². The van der Waals surface area contributed by atoms with E-state index in [0.717, 1.165) is 11.3 Å². The molecule has 1 amide bonds. The van der Waals surface area contributed by atoms with Crippen LogP contribution >= 0.6 is 11.6 Å². The van der Waals surface area contributed by atoms with E-state index < -0.39 is 0 Å². The number of anilines is 1. The molecule has 2 aromatic rings. The molecule has 0 saturated heterocycles. The third-order valence-electron chi connectivity index (χ3n) is 3.60. The highest BCUT2D eigenvalue weighted by Crippen LogP contribution is 2.19. The molecule has 0 radical (unpaired) electrons. The first kappa shape index (κ1) is 16.4. The van der Waals surface area contributed by atoms with Gasteiger partial charge in [-0.15, -0.1) is 0 Å². The molecule has 2 aromatic carbocycles. The van der Waals surface area contributed by atoms with Crippen LogP contribution in [0.25, 0.3) is 0 Å². The Kier molecular flexibility index (Phi) is 5.45. The van der Waals surface area contributed by atoms with Crippen molar-refractivity contribution >= 4 is 23.2 Å². The Hall–Kier alpha value is -2.00. The number of hydrogen-bond donors (Lipinski definition) is 0. The highest BCUT2D eigenvalue weighted by Gasteiger charge is 2.17. The quantitative estimate of drug-likeness (QED) is 0.830. The minimum atomic E-state index is -0.0372. The van der Waals surface area contributed by atoms with E-state index in [-0.39, 0.29) is 5.91 Å². The summed E-state index contributed by atoms with van der Waals surface area (Å²) in [7, 11) is 4.02. The molecule has 0 aromatic heterocycles. The van der Waals surface area contributed by atoms with E-state index in [2.05, 4.69) is 29.2 Å². The van der Waals surface area contributed by atoms with Gasteiger partial charge in [0.1, 0.15) is 0 Å². The number of nitrogens with zero attached hydrogens (tertiary/aromatic N) is 2. The second kappa shape index (κ2) is 7.32. The predicted octanol–water partition coefficient (Wildman–Crippen LogP) is 4.07. The topological polar surface area (TPSA) is 23.6 Å². The van der Waals surface area contributed by atoms with Crippen molar-refractivity contribution < 1.29 is 4.79 Å². The largest absolute Gasteiger partial charge is 0.378 e. The Bertz CT molecular complexity index is 638. The van der Waals surface area contributed by atoms with Crippen molar-refractivity contribution in [2.45, 2.75) is 13.5 Å². The summed E-state index contributed by atoms with van der Waals surface area (Å²) in [4.78, 5) is 16.5. The number of hydrogen-bond acceptors (Lipinski definition) is 2. The molecular weight excluding hydrogens is 296 g/mol. The monoisotopic (exact) mass is 316 g/mol. The second-order valence-electron chi connectivity index (χ2n) is 5.36. The first-order valence-corrected chi connectivity index (χ1v) is 7.70. The molecule has 0 N–H and O–H groups in total. The lowest BCUT2D eigenvalue weighted by molar-refractivity contribution is 0.0753. The van der Waals surface area contributed by atoms with E-state index >= 15 is 0 Å². The molecule has 0 aliphatic rings. The summed E-state index contributed by atoms with van der Waals surface area (Å²) in [6, 6.07) is 15.4. The summed E-state index contributed by atoms with van der Waals surface area (Å²) < 4.78 is 0. The zero-order valence-corrected chi connectivity index (χ0v) is 14.0. The molecule has 0 spiro atoms. The van der Waals surface area contributed by atoms with Gasteiger partial charge in [0.2, 0.25) is 0 Å². The van der Waals surface area contributed by atoms with Crippen LogP contribution in [0, 0.1) is 0 Å². The van der Waals surface area contributed by atoms with Gasteiger partial charge in [-0.25, -0.2) is 0 Å². The Balaban J connectivity index is 2.15. The Morgan fingerprint density at radius 3 is 2.23 bits per heavy atom. The average molecular weight is 317 g/mol. The van der Waals surface area contributed by atoms with Crippen LogP contribution in [0.15, 0.2) is 48.5 Å². The summed E-state index contributed by atoms with van der Waals surface area (Å²) in [5.74, 6) is -0.0372. The standard InChI is InChI=1S/C18H21ClN2O/c1-4-21(18(22)16-7-5-6-8-17(16)19)13-14-9-11-15(12-10-14)20(2)3/h5-12H,4,13H2,1-3H3. The number of amides is 1. The van der Waals surface area contributed by atoms with Crippen LogP contribution < -0.4 is 4.90 Å². The van der Waals surface area contributed by atoms with Crippen molar-refractivity contribution in [1.29, 1.82) is 0 Å². The minimum Gasteiger partial charge on any atom is -0.378 e. The molecule has 116 valence electrons. The lowest BCUT2D eigenvalue weighted by Gasteiger charge is -2.22. The van der Waals surface area contributed by atoms with Crippen molar-refractivity contribution in [3.05, 3.63) is 64.7 Å². The minimum absolute atomic E-state index is 0.0372. The van der Waals surface area contributed by atoms with E-state index in [1.165, 1.54) is 0 Å². The molecule has 4 heteroatoms. The highest BCUT2D eigenvalue weighted by molar-refractivity contribution is 6.33. The zero-order valence-electron chi connectivity index (χ0n) is 13.2. The van der Waals surface area contributed by atoms with Gasteiger partial charge in [0.15, 0.2) is 0 Å². The summed E-state index contributed by atoms with van der Waals surface area (Å²) in [5.41, 5.74) is 2.80.